The molecule has 0 aliphatic rings. The fourth-order valence-corrected chi connectivity index (χ4v) is 2.43. The summed E-state index contributed by atoms with van der Waals surface area (Å²) in [6.45, 7) is 2.38. The van der Waals surface area contributed by atoms with Crippen molar-refractivity contribution in [3.63, 3.8) is 0 Å². The van der Waals surface area contributed by atoms with Crippen LogP contribution in [0.25, 0.3) is 0 Å². The summed E-state index contributed by atoms with van der Waals surface area (Å²) in [5.74, 6) is 9.97. The number of benzene rings is 1. The zero-order valence-electron chi connectivity index (χ0n) is 17.1. The number of amides is 2. The minimum atomic E-state index is -0.541. The van der Waals surface area contributed by atoms with Crippen LogP contribution in [0.1, 0.15) is 33.6 Å². The Bertz CT molecular complexity index is 595. The number of carbonyl (C=O) groups is 2. The lowest BCUT2D eigenvalue weighted by atomic mass is 10.1. The van der Waals surface area contributed by atoms with Gasteiger partial charge >= 0.3 is 0 Å². The highest BCUT2D eigenvalue weighted by atomic mass is 16.5. The van der Waals surface area contributed by atoms with Gasteiger partial charge in [0.15, 0.2) is 0 Å². The molecular weight excluding hydrogens is 364 g/mol. The third kappa shape index (κ3) is 7.69. The van der Waals surface area contributed by atoms with E-state index in [0.29, 0.717) is 13.2 Å². The first-order chi connectivity index (χ1) is 13.3. The predicted molar refractivity (Wildman–Crippen MR) is 107 cm³/mol. The largest absolute Gasteiger partial charge is 0.493 e. The third-order valence-electron chi connectivity index (χ3n) is 3.85. The number of nitrogen functional groups attached to an aromatic ring is 2. The van der Waals surface area contributed by atoms with Crippen molar-refractivity contribution in [2.24, 2.45) is 11.7 Å². The molecule has 6 N–H and O–H groups in total. The van der Waals surface area contributed by atoms with Crippen molar-refractivity contribution >= 4 is 11.8 Å². The first-order valence-electron chi connectivity index (χ1n) is 9.05. The molecule has 0 unspecified atom stereocenters. The molecule has 0 aliphatic heterocycles. The maximum absolute atomic E-state index is 12.2. The van der Waals surface area contributed by atoms with Gasteiger partial charge in [-0.1, -0.05) is 0 Å². The highest BCUT2D eigenvalue weighted by Crippen LogP contribution is 2.29. The predicted octanol–water partition coefficient (Wildman–Crippen LogP) is -0.445. The third-order valence-corrected chi connectivity index (χ3v) is 3.85. The van der Waals surface area contributed by atoms with E-state index in [0.717, 1.165) is 25.9 Å². The molecule has 0 spiro atoms. The molecule has 158 valence electrons. The van der Waals surface area contributed by atoms with E-state index in [9.17, 15) is 9.59 Å². The van der Waals surface area contributed by atoms with Crippen LogP contribution in [-0.2, 0) is 0 Å². The van der Waals surface area contributed by atoms with Crippen molar-refractivity contribution < 1.29 is 19.1 Å². The van der Waals surface area contributed by atoms with Crippen molar-refractivity contribution in [2.45, 2.75) is 12.8 Å². The van der Waals surface area contributed by atoms with Crippen LogP contribution in [-0.4, -0.2) is 76.1 Å². The first kappa shape index (κ1) is 23.6. The monoisotopic (exact) mass is 396 g/mol. The second-order valence-electron chi connectivity index (χ2n) is 6.80. The van der Waals surface area contributed by atoms with Gasteiger partial charge < -0.3 is 19.3 Å². The molecule has 10 heteroatoms. The van der Waals surface area contributed by atoms with Gasteiger partial charge in [0.1, 0.15) is 11.5 Å². The molecular formula is C18H32N6O4. The maximum Gasteiger partial charge on any atom is 0.269 e. The van der Waals surface area contributed by atoms with Crippen molar-refractivity contribution in [1.29, 1.82) is 0 Å². The lowest BCUT2D eigenvalue weighted by Gasteiger charge is -2.17. The standard InChI is InChI=1S/C18H32N6O4/c1-23(2)7-5-9-27-15-11-14(18(26)22-20)16(12-13(15)17(25)21-19)28-10-6-8-24(3)4/h11-12H,5-10,19-20H2,1-4H3,(H,21,25)(H,22,26). The SMILES string of the molecule is CN(C)CCCOc1cc(C(=O)NN)c(OCCCN(C)C)cc1C(=O)NN. The number of nitrogens with zero attached hydrogens (tertiary/aromatic N) is 2. The number of ether oxygens (including phenoxy) is 2. The number of carbonyl (C=O) groups excluding carboxylic acids is 2. The van der Waals surface area contributed by atoms with E-state index in [1.165, 1.54) is 12.1 Å². The lowest BCUT2D eigenvalue weighted by molar-refractivity contribution is 0.0934. The summed E-state index contributed by atoms with van der Waals surface area (Å²) in [6.07, 6.45) is 1.50. The van der Waals surface area contributed by atoms with Crippen molar-refractivity contribution in [1.82, 2.24) is 20.7 Å². The number of hydrogen-bond acceptors (Lipinski definition) is 8. The summed E-state index contributed by atoms with van der Waals surface area (Å²) < 4.78 is 11.5. The zero-order chi connectivity index (χ0) is 21.1. The van der Waals surface area contributed by atoms with Crippen LogP contribution in [0.3, 0.4) is 0 Å². The van der Waals surface area contributed by atoms with Gasteiger partial charge in [0, 0.05) is 13.1 Å². The van der Waals surface area contributed by atoms with Gasteiger partial charge in [-0.2, -0.15) is 0 Å². The van der Waals surface area contributed by atoms with Crippen molar-refractivity contribution in [3.05, 3.63) is 23.3 Å². The maximum atomic E-state index is 12.2. The van der Waals surface area contributed by atoms with Crippen LogP contribution in [0.5, 0.6) is 11.5 Å². The fourth-order valence-electron chi connectivity index (χ4n) is 2.43. The van der Waals surface area contributed by atoms with Crippen LogP contribution in [0.15, 0.2) is 12.1 Å². The van der Waals surface area contributed by atoms with Crippen LogP contribution < -0.4 is 32.0 Å². The van der Waals surface area contributed by atoms with Crippen LogP contribution in [0.4, 0.5) is 0 Å². The van der Waals surface area contributed by atoms with Crippen LogP contribution in [0, 0.1) is 0 Å². The summed E-state index contributed by atoms with van der Waals surface area (Å²) in [6, 6.07) is 2.90. The van der Waals surface area contributed by atoms with E-state index >= 15 is 0 Å². The summed E-state index contributed by atoms with van der Waals surface area (Å²) in [7, 11) is 7.83. The molecule has 2 amide bonds. The number of hydrazine groups is 2. The Hall–Kier alpha value is -2.40. The number of nitrogens with two attached hydrogens (primary N) is 2. The molecule has 0 aromatic heterocycles. The van der Waals surface area contributed by atoms with Crippen LogP contribution in [0.2, 0.25) is 0 Å². The molecule has 1 aromatic carbocycles. The van der Waals surface area contributed by atoms with E-state index in [4.69, 9.17) is 21.2 Å². The second kappa shape index (κ2) is 12.1. The van der Waals surface area contributed by atoms with Gasteiger partial charge in [0.2, 0.25) is 0 Å². The lowest BCUT2D eigenvalue weighted by Crippen LogP contribution is -2.32. The first-order valence-corrected chi connectivity index (χ1v) is 9.05. The summed E-state index contributed by atoms with van der Waals surface area (Å²) >= 11 is 0. The van der Waals surface area contributed by atoms with Gasteiger partial charge in [-0.05, 0) is 53.2 Å². The molecule has 0 radical (unpaired) electrons. The van der Waals surface area contributed by atoms with Gasteiger partial charge in [-0.3, -0.25) is 20.4 Å². The molecule has 0 saturated carbocycles. The normalized spacial score (nSPS) is 10.9. The highest BCUT2D eigenvalue weighted by molar-refractivity contribution is 6.02. The summed E-state index contributed by atoms with van der Waals surface area (Å²) in [5, 5.41) is 0. The average Bonchev–Trinajstić information content (AvgIpc) is 2.67. The van der Waals surface area contributed by atoms with Gasteiger partial charge in [0.25, 0.3) is 11.8 Å². The Labute approximate surface area is 166 Å². The van der Waals surface area contributed by atoms with E-state index in [2.05, 4.69) is 10.9 Å². The minimum absolute atomic E-state index is 0.184. The zero-order valence-corrected chi connectivity index (χ0v) is 17.1. The van der Waals surface area contributed by atoms with E-state index in [-0.39, 0.29) is 22.6 Å². The molecule has 0 atom stereocenters. The Morgan fingerprint density at radius 2 is 1.18 bits per heavy atom. The van der Waals surface area contributed by atoms with Gasteiger partial charge in [-0.25, -0.2) is 11.7 Å². The quantitative estimate of drug-likeness (QED) is 0.162. The van der Waals surface area contributed by atoms with E-state index in [1.807, 2.05) is 38.0 Å². The molecule has 0 fully saturated rings. The van der Waals surface area contributed by atoms with E-state index in [1.54, 1.807) is 0 Å². The number of nitrogens with one attached hydrogen (secondary N) is 2. The molecule has 0 saturated heterocycles. The number of hydrogen-bond donors (Lipinski definition) is 4. The minimum Gasteiger partial charge on any atom is -0.493 e. The molecule has 0 heterocycles. The molecule has 0 bridgehead atoms. The molecule has 28 heavy (non-hydrogen) atoms. The Balaban J connectivity index is 3.09. The van der Waals surface area contributed by atoms with Crippen molar-refractivity contribution in [2.75, 3.05) is 54.5 Å². The fraction of sp³-hybridized carbons (Fsp3) is 0.556. The highest BCUT2D eigenvalue weighted by Gasteiger charge is 2.21. The molecule has 0 aliphatic carbocycles. The molecule has 1 aromatic rings. The average molecular weight is 396 g/mol. The topological polar surface area (TPSA) is 135 Å². The van der Waals surface area contributed by atoms with Crippen molar-refractivity contribution in [3.8, 4) is 11.5 Å². The van der Waals surface area contributed by atoms with Crippen LogP contribution >= 0.6 is 0 Å². The van der Waals surface area contributed by atoms with Gasteiger partial charge in [0.05, 0.1) is 24.3 Å². The Morgan fingerprint density at radius 1 is 0.821 bits per heavy atom. The summed E-state index contributed by atoms with van der Waals surface area (Å²) in [5.41, 5.74) is 4.54. The smallest absolute Gasteiger partial charge is 0.269 e. The second-order valence-corrected chi connectivity index (χ2v) is 6.80. The van der Waals surface area contributed by atoms with Gasteiger partial charge in [-0.15, -0.1) is 0 Å². The Kier molecular flexibility index (Phi) is 10.2. The summed E-state index contributed by atoms with van der Waals surface area (Å²) in [4.78, 5) is 28.4. The van der Waals surface area contributed by atoms with E-state index < -0.39 is 11.8 Å². The Morgan fingerprint density at radius 3 is 1.46 bits per heavy atom. The molecule has 1 rings (SSSR count). The number of rotatable bonds is 12. The molecule has 10 nitrogen and oxygen atoms in total.